The number of anilines is 1. The van der Waals surface area contributed by atoms with Gasteiger partial charge in [-0.2, -0.15) is 0 Å². The summed E-state index contributed by atoms with van der Waals surface area (Å²) in [5.41, 5.74) is -0.0438. The van der Waals surface area contributed by atoms with Crippen molar-refractivity contribution in [3.8, 4) is 0 Å². The molecule has 3 rings (SSSR count). The molecule has 31 heavy (non-hydrogen) atoms. The number of hydrogen-bond donors (Lipinski definition) is 0. The first-order chi connectivity index (χ1) is 14.6. The Morgan fingerprint density at radius 2 is 1.87 bits per heavy atom. The van der Waals surface area contributed by atoms with Crippen molar-refractivity contribution in [2.75, 3.05) is 25.1 Å². The molecule has 2 aromatic rings. The van der Waals surface area contributed by atoms with Crippen LogP contribution < -0.4 is 4.90 Å². The zero-order chi connectivity index (χ0) is 22.8. The lowest BCUT2D eigenvalue weighted by Gasteiger charge is -2.37. The maximum atomic E-state index is 12.8. The van der Waals surface area contributed by atoms with Gasteiger partial charge in [0.1, 0.15) is 16.6 Å². The minimum Gasteiger partial charge on any atom is -0.462 e. The molecule has 0 atom stereocenters. The van der Waals surface area contributed by atoms with Crippen molar-refractivity contribution in [2.45, 2.75) is 45.3 Å². The van der Waals surface area contributed by atoms with Gasteiger partial charge in [-0.25, -0.2) is 19.6 Å². The quantitative estimate of drug-likeness (QED) is 0.395. The van der Waals surface area contributed by atoms with Crippen LogP contribution >= 0.6 is 11.6 Å². The molecule has 1 aliphatic rings. The highest BCUT2D eigenvalue weighted by atomic mass is 35.5. The van der Waals surface area contributed by atoms with E-state index in [0.29, 0.717) is 37.3 Å². The summed E-state index contributed by atoms with van der Waals surface area (Å²) in [7, 11) is 1.16. The molecule has 0 bridgehead atoms. The Labute approximate surface area is 185 Å². The van der Waals surface area contributed by atoms with E-state index >= 15 is 0 Å². The van der Waals surface area contributed by atoms with Gasteiger partial charge in [-0.3, -0.25) is 9.69 Å². The Morgan fingerprint density at radius 1 is 1.19 bits per heavy atom. The Hall–Kier alpha value is -2.94. The zero-order valence-corrected chi connectivity index (χ0v) is 18.7. The highest BCUT2D eigenvalue weighted by Crippen LogP contribution is 2.26. The van der Waals surface area contributed by atoms with Crippen molar-refractivity contribution in [3.63, 3.8) is 0 Å². The van der Waals surface area contributed by atoms with Gasteiger partial charge < -0.3 is 14.4 Å². The van der Waals surface area contributed by atoms with Gasteiger partial charge >= 0.3 is 18.0 Å². The van der Waals surface area contributed by atoms with Crippen LogP contribution in [0.15, 0.2) is 24.4 Å². The number of amides is 2. The van der Waals surface area contributed by atoms with Gasteiger partial charge in [0, 0.05) is 36.8 Å². The lowest BCUT2D eigenvalue weighted by atomic mass is 10.0. The standard InChI is InChI=1S/C21H25ClN4O5/c1-21(2,3)31-20(29)25-9-7-14(8-10-25)26(18(27)19(28)30-4)17-6-5-13-12-23-16(22)11-15(13)24-17/h5-6,11-12,14H,7-10H2,1-4H3. The molecule has 0 aliphatic carbocycles. The summed E-state index contributed by atoms with van der Waals surface area (Å²) in [6.07, 6.45) is 2.10. The summed E-state index contributed by atoms with van der Waals surface area (Å²) in [5.74, 6) is -1.49. The van der Waals surface area contributed by atoms with E-state index < -0.39 is 23.6 Å². The third-order valence-electron chi connectivity index (χ3n) is 4.83. The fraction of sp³-hybridized carbons (Fsp3) is 0.476. The number of likely N-dealkylation sites (tertiary alicyclic amines) is 1. The Balaban J connectivity index is 1.85. The SMILES string of the molecule is COC(=O)C(=O)N(c1ccc2cnc(Cl)cc2n1)C1CCN(C(=O)OC(C)(C)C)CC1. The molecular formula is C21H25ClN4O5. The van der Waals surface area contributed by atoms with Gasteiger partial charge in [-0.15, -0.1) is 0 Å². The van der Waals surface area contributed by atoms with Crippen LogP contribution in [0.4, 0.5) is 10.6 Å². The Bertz CT molecular complexity index is 999. The van der Waals surface area contributed by atoms with E-state index in [9.17, 15) is 14.4 Å². The minimum atomic E-state index is -0.982. The first kappa shape index (κ1) is 22.7. The first-order valence-electron chi connectivity index (χ1n) is 9.91. The van der Waals surface area contributed by atoms with Crippen molar-refractivity contribution in [2.24, 2.45) is 0 Å². The van der Waals surface area contributed by atoms with Crippen LogP contribution in [0.5, 0.6) is 0 Å². The number of pyridine rings is 2. The van der Waals surface area contributed by atoms with Crippen LogP contribution in [-0.4, -0.2) is 64.7 Å². The molecule has 1 aliphatic heterocycles. The molecule has 0 unspecified atom stereocenters. The number of aromatic nitrogens is 2. The third-order valence-corrected chi connectivity index (χ3v) is 5.04. The molecule has 1 fully saturated rings. The van der Waals surface area contributed by atoms with Crippen LogP contribution in [0, 0.1) is 0 Å². The van der Waals surface area contributed by atoms with E-state index in [4.69, 9.17) is 16.3 Å². The maximum Gasteiger partial charge on any atom is 0.410 e. The number of hydrogen-bond acceptors (Lipinski definition) is 7. The Morgan fingerprint density at radius 3 is 2.48 bits per heavy atom. The van der Waals surface area contributed by atoms with E-state index in [0.717, 1.165) is 12.5 Å². The molecule has 0 N–H and O–H groups in total. The summed E-state index contributed by atoms with van der Waals surface area (Å²) >= 11 is 5.97. The molecule has 0 saturated carbocycles. The molecule has 10 heteroatoms. The number of esters is 1. The fourth-order valence-corrected chi connectivity index (χ4v) is 3.54. The largest absolute Gasteiger partial charge is 0.462 e. The van der Waals surface area contributed by atoms with Gasteiger partial charge in [0.2, 0.25) is 0 Å². The van der Waals surface area contributed by atoms with Crippen molar-refractivity contribution in [3.05, 3.63) is 29.5 Å². The number of carbonyl (C=O) groups is 3. The van der Waals surface area contributed by atoms with E-state index in [1.807, 2.05) is 20.8 Å². The van der Waals surface area contributed by atoms with E-state index in [2.05, 4.69) is 14.7 Å². The number of methoxy groups -OCH3 is 1. The minimum absolute atomic E-state index is 0.272. The molecule has 3 heterocycles. The summed E-state index contributed by atoms with van der Waals surface area (Å²) in [4.78, 5) is 48.7. The summed E-state index contributed by atoms with van der Waals surface area (Å²) in [6.45, 7) is 6.19. The second-order valence-corrected chi connectivity index (χ2v) is 8.62. The predicted molar refractivity (Wildman–Crippen MR) is 115 cm³/mol. The molecule has 0 radical (unpaired) electrons. The highest BCUT2D eigenvalue weighted by Gasteiger charge is 2.35. The first-order valence-corrected chi connectivity index (χ1v) is 10.3. The van der Waals surface area contributed by atoms with E-state index in [1.54, 1.807) is 29.3 Å². The molecule has 2 amide bonds. The number of piperidine rings is 1. The van der Waals surface area contributed by atoms with Gasteiger partial charge in [-0.05, 0) is 45.7 Å². The second-order valence-electron chi connectivity index (χ2n) is 8.23. The summed E-state index contributed by atoms with van der Waals surface area (Å²) < 4.78 is 10.1. The van der Waals surface area contributed by atoms with Gasteiger partial charge in [0.15, 0.2) is 0 Å². The molecular weight excluding hydrogens is 424 g/mol. The lowest BCUT2D eigenvalue weighted by molar-refractivity contribution is -0.151. The molecule has 166 valence electrons. The van der Waals surface area contributed by atoms with Crippen molar-refractivity contribution in [1.82, 2.24) is 14.9 Å². The molecule has 0 spiro atoms. The van der Waals surface area contributed by atoms with Crippen LogP contribution in [0.25, 0.3) is 10.9 Å². The number of fused-ring (bicyclic) bond motifs is 1. The van der Waals surface area contributed by atoms with E-state index in [-0.39, 0.29) is 11.2 Å². The zero-order valence-electron chi connectivity index (χ0n) is 17.9. The average molecular weight is 449 g/mol. The monoisotopic (exact) mass is 448 g/mol. The second kappa shape index (κ2) is 9.05. The Kier molecular flexibility index (Phi) is 6.64. The topological polar surface area (TPSA) is 102 Å². The molecule has 1 saturated heterocycles. The number of halogens is 1. The number of carbonyl (C=O) groups excluding carboxylic acids is 3. The van der Waals surface area contributed by atoms with Crippen LogP contribution in [-0.2, 0) is 19.1 Å². The van der Waals surface area contributed by atoms with Crippen LogP contribution in [0.2, 0.25) is 5.15 Å². The van der Waals surface area contributed by atoms with Gasteiger partial charge in [0.05, 0.1) is 12.6 Å². The fourth-order valence-electron chi connectivity index (χ4n) is 3.39. The van der Waals surface area contributed by atoms with Crippen LogP contribution in [0.1, 0.15) is 33.6 Å². The smallest absolute Gasteiger partial charge is 0.410 e. The average Bonchev–Trinajstić information content (AvgIpc) is 2.72. The highest BCUT2D eigenvalue weighted by molar-refractivity contribution is 6.38. The van der Waals surface area contributed by atoms with Crippen molar-refractivity contribution < 1.29 is 23.9 Å². The number of nitrogens with zero attached hydrogens (tertiary/aromatic N) is 4. The summed E-state index contributed by atoms with van der Waals surface area (Å²) in [5, 5.41) is 1.02. The number of rotatable bonds is 2. The normalized spacial score (nSPS) is 14.9. The molecule has 0 aromatic carbocycles. The van der Waals surface area contributed by atoms with Gasteiger partial charge in [-0.1, -0.05) is 11.6 Å². The predicted octanol–water partition coefficient (Wildman–Crippen LogP) is 3.19. The van der Waals surface area contributed by atoms with Crippen molar-refractivity contribution >= 4 is 46.3 Å². The third kappa shape index (κ3) is 5.41. The van der Waals surface area contributed by atoms with Crippen molar-refractivity contribution in [1.29, 1.82) is 0 Å². The number of ether oxygens (including phenoxy) is 2. The summed E-state index contributed by atoms with van der Waals surface area (Å²) in [6, 6.07) is 4.66. The molecule has 9 nitrogen and oxygen atoms in total. The van der Waals surface area contributed by atoms with E-state index in [1.165, 1.54) is 4.90 Å². The van der Waals surface area contributed by atoms with Gasteiger partial charge in [0.25, 0.3) is 0 Å². The lowest BCUT2D eigenvalue weighted by Crippen LogP contribution is -2.51. The maximum absolute atomic E-state index is 12.8. The molecule has 2 aromatic heterocycles. The van der Waals surface area contributed by atoms with Crippen LogP contribution in [0.3, 0.4) is 0 Å².